The van der Waals surface area contributed by atoms with E-state index in [1.54, 1.807) is 0 Å². The van der Waals surface area contributed by atoms with Crippen LogP contribution in [0.4, 0.5) is 0 Å². The van der Waals surface area contributed by atoms with Crippen LogP contribution in [0.5, 0.6) is 0 Å². The van der Waals surface area contributed by atoms with Crippen molar-refractivity contribution < 1.29 is 9.53 Å². The van der Waals surface area contributed by atoms with Crippen molar-refractivity contribution in [2.75, 3.05) is 6.61 Å². The van der Waals surface area contributed by atoms with E-state index in [4.69, 9.17) is 4.74 Å². The number of halogens is 1. The smallest absolute Gasteiger partial charge is 0.163 e. The molecule has 4 nitrogen and oxygen atoms in total. The number of Topliss-reactive ketones (excluding diaryl/α,β-unsaturated/α-hetero) is 1. The summed E-state index contributed by atoms with van der Waals surface area (Å²) in [5, 5.41) is 5.79. The maximum Gasteiger partial charge on any atom is 0.163 e. The van der Waals surface area contributed by atoms with Crippen molar-refractivity contribution in [1.29, 1.82) is 0 Å². The first kappa shape index (κ1) is 20.9. The molecule has 1 fully saturated rings. The highest BCUT2D eigenvalue weighted by Gasteiger charge is 2.19. The fourth-order valence-corrected chi connectivity index (χ4v) is 3.36. The molecule has 144 valence electrons. The van der Waals surface area contributed by atoms with Crippen LogP contribution >= 0.6 is 12.4 Å². The lowest BCUT2D eigenvalue weighted by Crippen LogP contribution is -2.20. The van der Waals surface area contributed by atoms with Crippen molar-refractivity contribution in [3.8, 4) is 0 Å². The summed E-state index contributed by atoms with van der Waals surface area (Å²) in [5.74, 6) is 0.974. The Kier molecular flexibility index (Phi) is 6.86. The van der Waals surface area contributed by atoms with Gasteiger partial charge in [0.2, 0.25) is 0 Å². The zero-order valence-electron chi connectivity index (χ0n) is 16.4. The Hall–Kier alpha value is -1.39. The third-order valence-corrected chi connectivity index (χ3v) is 5.06. The molecular weight excluding hydrogens is 348 g/mol. The largest absolute Gasteiger partial charge is 0.376 e. The summed E-state index contributed by atoms with van der Waals surface area (Å²) in [4.78, 5) is 12.6. The van der Waals surface area contributed by atoms with Crippen LogP contribution < -0.4 is 0 Å². The molecule has 3 rings (SSSR count). The summed E-state index contributed by atoms with van der Waals surface area (Å²) in [6.07, 6.45) is 7.38. The molecule has 0 unspecified atom stereocenters. The summed E-state index contributed by atoms with van der Waals surface area (Å²) < 4.78 is 7.77. The van der Waals surface area contributed by atoms with Gasteiger partial charge in [-0.05, 0) is 70.6 Å². The van der Waals surface area contributed by atoms with Crippen LogP contribution in [0.2, 0.25) is 0 Å². The second-order valence-corrected chi connectivity index (χ2v) is 8.31. The second-order valence-electron chi connectivity index (χ2n) is 8.31. The van der Waals surface area contributed by atoms with Crippen molar-refractivity contribution in [1.82, 2.24) is 9.78 Å². The van der Waals surface area contributed by atoms with Gasteiger partial charge >= 0.3 is 0 Å². The standard InChI is InChI=1S/C21H30N2O2.ClH/c1-15-17(20(24)9-6-12-25-21(2,3)4)10-11-19-18(15)14-23(22-19)13-16-7-5-8-16;/h10-11,14,16H,5-9,12-13H2,1-4H3;1H. The maximum absolute atomic E-state index is 12.6. The van der Waals surface area contributed by atoms with Gasteiger partial charge in [0.25, 0.3) is 0 Å². The number of ether oxygens (including phenoxy) is 1. The van der Waals surface area contributed by atoms with E-state index in [-0.39, 0.29) is 23.8 Å². The lowest BCUT2D eigenvalue weighted by atomic mass is 9.85. The average Bonchev–Trinajstić information content (AvgIpc) is 2.90. The minimum absolute atomic E-state index is 0. The molecule has 0 aliphatic heterocycles. The molecule has 0 atom stereocenters. The molecule has 0 saturated heterocycles. The number of nitrogens with zero attached hydrogens (tertiary/aromatic N) is 2. The maximum atomic E-state index is 12.6. The molecule has 1 saturated carbocycles. The highest BCUT2D eigenvalue weighted by Crippen LogP contribution is 2.29. The molecular formula is C21H31ClN2O2. The predicted octanol–water partition coefficient (Wildman–Crippen LogP) is 5.34. The Labute approximate surface area is 162 Å². The van der Waals surface area contributed by atoms with Gasteiger partial charge in [-0.2, -0.15) is 5.10 Å². The zero-order chi connectivity index (χ0) is 18.0. The van der Waals surface area contributed by atoms with E-state index >= 15 is 0 Å². The van der Waals surface area contributed by atoms with E-state index < -0.39 is 0 Å². The van der Waals surface area contributed by atoms with Crippen LogP contribution in [0.3, 0.4) is 0 Å². The molecule has 2 aromatic rings. The number of aryl methyl sites for hydroxylation is 1. The number of hydrogen-bond acceptors (Lipinski definition) is 3. The van der Waals surface area contributed by atoms with Crippen LogP contribution in [-0.4, -0.2) is 27.8 Å². The number of ketones is 1. The van der Waals surface area contributed by atoms with Crippen LogP contribution in [0.1, 0.15) is 68.8 Å². The van der Waals surface area contributed by atoms with Gasteiger partial charge in [-0.3, -0.25) is 9.48 Å². The first-order chi connectivity index (χ1) is 11.8. The van der Waals surface area contributed by atoms with Crippen LogP contribution in [0, 0.1) is 12.8 Å². The van der Waals surface area contributed by atoms with Crippen molar-refractivity contribution in [2.45, 2.75) is 71.9 Å². The second kappa shape index (κ2) is 8.53. The van der Waals surface area contributed by atoms with Gasteiger partial charge in [0.15, 0.2) is 5.78 Å². The fourth-order valence-electron chi connectivity index (χ4n) is 3.36. The normalized spacial score (nSPS) is 14.9. The highest BCUT2D eigenvalue weighted by atomic mass is 35.5. The summed E-state index contributed by atoms with van der Waals surface area (Å²) in [7, 11) is 0. The first-order valence-corrected chi connectivity index (χ1v) is 9.47. The van der Waals surface area contributed by atoms with Crippen molar-refractivity contribution in [3.63, 3.8) is 0 Å². The minimum atomic E-state index is -0.146. The number of benzene rings is 1. The van der Waals surface area contributed by atoms with Gasteiger partial charge in [0.1, 0.15) is 0 Å². The Balaban J connectivity index is 0.00000243. The van der Waals surface area contributed by atoms with Gasteiger partial charge in [-0.25, -0.2) is 0 Å². The van der Waals surface area contributed by atoms with Gasteiger partial charge in [0.05, 0.1) is 11.1 Å². The summed E-state index contributed by atoms with van der Waals surface area (Å²) in [6, 6.07) is 3.92. The quantitative estimate of drug-likeness (QED) is 0.482. The van der Waals surface area contributed by atoms with E-state index in [1.165, 1.54) is 19.3 Å². The molecule has 0 bridgehead atoms. The molecule has 26 heavy (non-hydrogen) atoms. The van der Waals surface area contributed by atoms with Gasteiger partial charge < -0.3 is 4.74 Å². The van der Waals surface area contributed by atoms with Gasteiger partial charge in [-0.15, -0.1) is 12.4 Å². The molecule has 1 aromatic carbocycles. The molecule has 0 N–H and O–H groups in total. The molecule has 5 heteroatoms. The number of carbonyl (C=O) groups is 1. The van der Waals surface area contributed by atoms with E-state index in [0.717, 1.165) is 40.9 Å². The first-order valence-electron chi connectivity index (χ1n) is 9.47. The van der Waals surface area contributed by atoms with E-state index in [9.17, 15) is 4.79 Å². The minimum Gasteiger partial charge on any atom is -0.376 e. The Morgan fingerprint density at radius 1 is 1.31 bits per heavy atom. The Morgan fingerprint density at radius 3 is 2.65 bits per heavy atom. The van der Waals surface area contributed by atoms with Crippen molar-refractivity contribution in [2.24, 2.45) is 5.92 Å². The number of hydrogen-bond donors (Lipinski definition) is 0. The molecule has 1 aliphatic carbocycles. The summed E-state index contributed by atoms with van der Waals surface area (Å²) in [6.45, 7) is 9.77. The van der Waals surface area contributed by atoms with Gasteiger partial charge in [-0.1, -0.05) is 6.42 Å². The van der Waals surface area contributed by atoms with E-state index in [2.05, 4.69) is 16.0 Å². The third kappa shape index (κ3) is 5.08. The third-order valence-electron chi connectivity index (χ3n) is 5.06. The van der Waals surface area contributed by atoms with Crippen LogP contribution in [0.25, 0.3) is 10.9 Å². The van der Waals surface area contributed by atoms with Crippen LogP contribution in [0.15, 0.2) is 18.3 Å². The number of fused-ring (bicyclic) bond motifs is 1. The highest BCUT2D eigenvalue weighted by molar-refractivity contribution is 6.01. The topological polar surface area (TPSA) is 44.1 Å². The van der Waals surface area contributed by atoms with Gasteiger partial charge in [0, 0.05) is 36.7 Å². The summed E-state index contributed by atoms with van der Waals surface area (Å²) >= 11 is 0. The van der Waals surface area contributed by atoms with Crippen molar-refractivity contribution in [3.05, 3.63) is 29.5 Å². The van der Waals surface area contributed by atoms with Crippen LogP contribution in [-0.2, 0) is 11.3 Å². The number of aromatic nitrogens is 2. The fraction of sp³-hybridized carbons (Fsp3) is 0.619. The summed E-state index contributed by atoms with van der Waals surface area (Å²) in [5.41, 5.74) is 2.72. The van der Waals surface area contributed by atoms with Crippen molar-refractivity contribution >= 4 is 29.1 Å². The van der Waals surface area contributed by atoms with E-state index in [1.807, 2.05) is 39.8 Å². The molecule has 1 heterocycles. The molecule has 1 aromatic heterocycles. The predicted molar refractivity (Wildman–Crippen MR) is 108 cm³/mol. The molecule has 0 amide bonds. The van der Waals surface area contributed by atoms with E-state index in [0.29, 0.717) is 13.0 Å². The number of rotatable bonds is 7. The monoisotopic (exact) mass is 378 g/mol. The lowest BCUT2D eigenvalue weighted by Gasteiger charge is -2.24. The Bertz CT molecular complexity index is 757. The molecule has 0 radical (unpaired) electrons. The Morgan fingerprint density at radius 2 is 2.04 bits per heavy atom. The molecule has 1 aliphatic rings. The number of carbonyl (C=O) groups excluding carboxylic acids is 1. The average molecular weight is 379 g/mol. The SMILES string of the molecule is Cc1c(C(=O)CCCOC(C)(C)C)ccc2nn(CC3CCC3)cc12.Cl. The molecule has 0 spiro atoms. The zero-order valence-corrected chi connectivity index (χ0v) is 17.2. The lowest BCUT2D eigenvalue weighted by molar-refractivity contribution is -0.00430.